The molecule has 2 saturated heterocycles. The third kappa shape index (κ3) is 1.72. The minimum Gasteiger partial charge on any atom is -0.371 e. The second kappa shape index (κ2) is 3.81. The van der Waals surface area contributed by atoms with Gasteiger partial charge in [0, 0.05) is 37.2 Å². The summed E-state index contributed by atoms with van der Waals surface area (Å²) < 4.78 is 0. The van der Waals surface area contributed by atoms with E-state index in [0.717, 1.165) is 12.0 Å². The van der Waals surface area contributed by atoms with Gasteiger partial charge in [0.1, 0.15) is 0 Å². The predicted octanol–water partition coefficient (Wildman–Crippen LogP) is 1.27. The summed E-state index contributed by atoms with van der Waals surface area (Å²) >= 11 is 0. The van der Waals surface area contributed by atoms with E-state index in [-0.39, 0.29) is 0 Å². The van der Waals surface area contributed by atoms with Crippen LogP contribution in [-0.2, 0) is 0 Å². The summed E-state index contributed by atoms with van der Waals surface area (Å²) in [6.45, 7) is 3.60. The number of rotatable bonds is 1. The highest BCUT2D eigenvalue weighted by molar-refractivity contribution is 5.45. The number of pyridine rings is 1. The Morgan fingerprint density at radius 1 is 1.27 bits per heavy atom. The lowest BCUT2D eigenvalue weighted by molar-refractivity contribution is 0.376. The number of nitrogens with zero attached hydrogens (tertiary/aromatic N) is 2. The fourth-order valence-corrected chi connectivity index (χ4v) is 2.84. The largest absolute Gasteiger partial charge is 0.371 e. The summed E-state index contributed by atoms with van der Waals surface area (Å²) in [6.07, 6.45) is 6.39. The molecule has 0 radical (unpaired) electrons. The van der Waals surface area contributed by atoms with Crippen LogP contribution in [0.5, 0.6) is 0 Å². The summed E-state index contributed by atoms with van der Waals surface area (Å²) in [5.74, 6) is 0.854. The standard InChI is InChI=1S/C12H17N3/c1-7-14-12-4-8-15(9-10(1)12)11-2-5-13-6-3-11/h2-3,5-6,10,12,14H,1,4,7-9H2. The molecule has 0 aliphatic carbocycles. The number of nitrogens with one attached hydrogen (secondary N) is 1. The highest BCUT2D eigenvalue weighted by Crippen LogP contribution is 2.27. The molecule has 1 aromatic rings. The first-order chi connectivity index (χ1) is 7.43. The van der Waals surface area contributed by atoms with Crippen LogP contribution in [0.4, 0.5) is 5.69 Å². The van der Waals surface area contributed by atoms with Crippen LogP contribution in [0.25, 0.3) is 0 Å². The second-order valence-corrected chi connectivity index (χ2v) is 4.55. The van der Waals surface area contributed by atoms with Crippen LogP contribution in [-0.4, -0.2) is 30.7 Å². The third-order valence-corrected chi connectivity index (χ3v) is 3.68. The van der Waals surface area contributed by atoms with Gasteiger partial charge in [-0.3, -0.25) is 4.98 Å². The highest BCUT2D eigenvalue weighted by Gasteiger charge is 2.32. The van der Waals surface area contributed by atoms with Gasteiger partial charge in [0.25, 0.3) is 0 Å². The summed E-state index contributed by atoms with van der Waals surface area (Å²) in [5.41, 5.74) is 1.33. The van der Waals surface area contributed by atoms with E-state index in [0.29, 0.717) is 0 Å². The van der Waals surface area contributed by atoms with E-state index in [9.17, 15) is 0 Å². The zero-order valence-corrected chi connectivity index (χ0v) is 8.89. The van der Waals surface area contributed by atoms with Crippen LogP contribution in [0.3, 0.4) is 0 Å². The van der Waals surface area contributed by atoms with E-state index < -0.39 is 0 Å². The van der Waals surface area contributed by atoms with Crippen LogP contribution in [0, 0.1) is 5.92 Å². The van der Waals surface area contributed by atoms with Crippen molar-refractivity contribution in [1.82, 2.24) is 10.3 Å². The fourth-order valence-electron chi connectivity index (χ4n) is 2.84. The van der Waals surface area contributed by atoms with Gasteiger partial charge in [0.05, 0.1) is 0 Å². The number of piperidine rings is 1. The number of aromatic nitrogens is 1. The minimum atomic E-state index is 0.781. The molecular formula is C12H17N3. The Bertz CT molecular complexity index is 325. The van der Waals surface area contributed by atoms with Crippen molar-refractivity contribution in [3.05, 3.63) is 24.5 Å². The molecule has 2 aliphatic heterocycles. The highest BCUT2D eigenvalue weighted by atomic mass is 15.2. The molecule has 80 valence electrons. The molecule has 0 bridgehead atoms. The van der Waals surface area contributed by atoms with Gasteiger partial charge >= 0.3 is 0 Å². The topological polar surface area (TPSA) is 28.2 Å². The van der Waals surface area contributed by atoms with E-state index in [1.807, 2.05) is 12.4 Å². The monoisotopic (exact) mass is 203 g/mol. The first-order valence-electron chi connectivity index (χ1n) is 5.82. The van der Waals surface area contributed by atoms with Crippen molar-refractivity contribution in [2.24, 2.45) is 5.92 Å². The maximum Gasteiger partial charge on any atom is 0.0397 e. The Hall–Kier alpha value is -1.09. The molecule has 3 heteroatoms. The predicted molar refractivity (Wildman–Crippen MR) is 61.0 cm³/mol. The van der Waals surface area contributed by atoms with Crippen molar-refractivity contribution in [2.45, 2.75) is 18.9 Å². The van der Waals surface area contributed by atoms with E-state index in [4.69, 9.17) is 0 Å². The van der Waals surface area contributed by atoms with Gasteiger partial charge in [-0.25, -0.2) is 0 Å². The lowest BCUT2D eigenvalue weighted by atomic mass is 9.93. The zero-order valence-electron chi connectivity index (χ0n) is 8.89. The SMILES string of the molecule is c1cc(N2CCC3NCCC3C2)ccn1. The molecule has 3 nitrogen and oxygen atoms in total. The number of anilines is 1. The Kier molecular flexibility index (Phi) is 2.33. The molecule has 3 heterocycles. The van der Waals surface area contributed by atoms with Gasteiger partial charge in [0.15, 0.2) is 0 Å². The summed E-state index contributed by atoms with van der Waals surface area (Å²) in [6, 6.07) is 5.01. The van der Waals surface area contributed by atoms with Crippen molar-refractivity contribution >= 4 is 5.69 Å². The van der Waals surface area contributed by atoms with Gasteiger partial charge in [-0.05, 0) is 37.4 Å². The minimum absolute atomic E-state index is 0.781. The quantitative estimate of drug-likeness (QED) is 0.745. The van der Waals surface area contributed by atoms with E-state index in [2.05, 4.69) is 27.3 Å². The molecule has 1 N–H and O–H groups in total. The van der Waals surface area contributed by atoms with Crippen LogP contribution < -0.4 is 10.2 Å². The number of hydrogen-bond donors (Lipinski definition) is 1. The lowest BCUT2D eigenvalue weighted by Gasteiger charge is -2.36. The molecule has 0 saturated carbocycles. The molecule has 3 rings (SSSR count). The van der Waals surface area contributed by atoms with Crippen LogP contribution in [0.2, 0.25) is 0 Å². The van der Waals surface area contributed by atoms with Gasteiger partial charge < -0.3 is 10.2 Å². The maximum absolute atomic E-state index is 4.07. The van der Waals surface area contributed by atoms with Crippen molar-refractivity contribution in [3.8, 4) is 0 Å². The number of hydrogen-bond acceptors (Lipinski definition) is 3. The summed E-state index contributed by atoms with van der Waals surface area (Å²) in [5, 5.41) is 3.59. The van der Waals surface area contributed by atoms with Crippen LogP contribution >= 0.6 is 0 Å². The van der Waals surface area contributed by atoms with E-state index in [1.54, 1.807) is 0 Å². The average molecular weight is 203 g/mol. The van der Waals surface area contributed by atoms with Gasteiger partial charge in [-0.2, -0.15) is 0 Å². The second-order valence-electron chi connectivity index (χ2n) is 4.55. The lowest BCUT2D eigenvalue weighted by Crippen LogP contribution is -2.44. The maximum atomic E-state index is 4.07. The number of fused-ring (bicyclic) bond motifs is 1. The molecule has 1 aromatic heterocycles. The van der Waals surface area contributed by atoms with Crippen molar-refractivity contribution in [1.29, 1.82) is 0 Å². The normalized spacial score (nSPS) is 30.3. The van der Waals surface area contributed by atoms with E-state index in [1.165, 1.54) is 38.2 Å². The Morgan fingerprint density at radius 3 is 3.00 bits per heavy atom. The molecule has 2 fully saturated rings. The summed E-state index contributed by atoms with van der Waals surface area (Å²) in [4.78, 5) is 6.56. The molecular weight excluding hydrogens is 186 g/mol. The van der Waals surface area contributed by atoms with Crippen LogP contribution in [0.15, 0.2) is 24.5 Å². The molecule has 15 heavy (non-hydrogen) atoms. The smallest absolute Gasteiger partial charge is 0.0397 e. The fraction of sp³-hybridized carbons (Fsp3) is 0.583. The molecule has 0 spiro atoms. The van der Waals surface area contributed by atoms with Crippen molar-refractivity contribution in [3.63, 3.8) is 0 Å². The molecule has 2 unspecified atom stereocenters. The molecule has 0 amide bonds. The Morgan fingerprint density at radius 2 is 2.13 bits per heavy atom. The zero-order chi connectivity index (χ0) is 10.1. The third-order valence-electron chi connectivity index (χ3n) is 3.68. The Balaban J connectivity index is 1.74. The first-order valence-corrected chi connectivity index (χ1v) is 5.82. The molecule has 2 atom stereocenters. The van der Waals surface area contributed by atoms with Gasteiger partial charge in [-0.1, -0.05) is 0 Å². The first kappa shape index (κ1) is 9.16. The Labute approximate surface area is 90.5 Å². The van der Waals surface area contributed by atoms with E-state index >= 15 is 0 Å². The molecule has 2 aliphatic rings. The van der Waals surface area contributed by atoms with Crippen molar-refractivity contribution < 1.29 is 0 Å². The van der Waals surface area contributed by atoms with Crippen molar-refractivity contribution in [2.75, 3.05) is 24.5 Å². The molecule has 0 aromatic carbocycles. The summed E-state index contributed by atoms with van der Waals surface area (Å²) in [7, 11) is 0. The van der Waals surface area contributed by atoms with Gasteiger partial charge in [0.2, 0.25) is 0 Å². The average Bonchev–Trinajstić information content (AvgIpc) is 2.77. The van der Waals surface area contributed by atoms with Crippen LogP contribution in [0.1, 0.15) is 12.8 Å². The van der Waals surface area contributed by atoms with Gasteiger partial charge in [-0.15, -0.1) is 0 Å².